The molecule has 1 unspecified atom stereocenters. The third-order valence-electron chi connectivity index (χ3n) is 4.87. The van der Waals surface area contributed by atoms with Crippen LogP contribution in [-0.2, 0) is 17.8 Å². The Morgan fingerprint density at radius 2 is 2.05 bits per heavy atom. The number of nitrogens with one attached hydrogen (secondary N) is 1. The molecule has 108 valence electrons. The molecule has 0 saturated heterocycles. The van der Waals surface area contributed by atoms with Gasteiger partial charge < -0.3 is 5.32 Å². The maximum atomic E-state index is 12.1. The second-order valence-corrected chi connectivity index (χ2v) is 6.41. The van der Waals surface area contributed by atoms with Crippen molar-refractivity contribution in [2.24, 2.45) is 11.8 Å². The van der Waals surface area contributed by atoms with Crippen LogP contribution in [0.2, 0.25) is 0 Å². The number of fused-ring (bicyclic) bond motifs is 1. The number of carbonyl (C=O) groups excluding carboxylic acids is 1. The highest BCUT2D eigenvalue weighted by molar-refractivity contribution is 5.78. The molecular formula is C17H24N2O. The van der Waals surface area contributed by atoms with Crippen molar-refractivity contribution in [3.05, 3.63) is 35.4 Å². The van der Waals surface area contributed by atoms with Gasteiger partial charge in [0.2, 0.25) is 5.91 Å². The summed E-state index contributed by atoms with van der Waals surface area (Å²) in [5, 5.41) is 3.15. The molecule has 3 rings (SSSR count). The van der Waals surface area contributed by atoms with Crippen LogP contribution in [0.4, 0.5) is 0 Å². The molecule has 0 bridgehead atoms. The Labute approximate surface area is 121 Å². The zero-order valence-electron chi connectivity index (χ0n) is 12.4. The van der Waals surface area contributed by atoms with Gasteiger partial charge in [0, 0.05) is 25.0 Å². The van der Waals surface area contributed by atoms with E-state index in [4.69, 9.17) is 0 Å². The van der Waals surface area contributed by atoms with E-state index < -0.39 is 0 Å². The van der Waals surface area contributed by atoms with Gasteiger partial charge in [-0.05, 0) is 43.4 Å². The number of nitrogens with zero attached hydrogens (tertiary/aromatic N) is 1. The Morgan fingerprint density at radius 3 is 2.75 bits per heavy atom. The van der Waals surface area contributed by atoms with E-state index >= 15 is 0 Å². The molecule has 0 radical (unpaired) electrons. The van der Waals surface area contributed by atoms with Crippen molar-refractivity contribution in [3.63, 3.8) is 0 Å². The summed E-state index contributed by atoms with van der Waals surface area (Å²) in [5.41, 5.74) is 2.85. The summed E-state index contributed by atoms with van der Waals surface area (Å²) in [7, 11) is 2.15. The van der Waals surface area contributed by atoms with Gasteiger partial charge in [0.1, 0.15) is 0 Å². The summed E-state index contributed by atoms with van der Waals surface area (Å²) in [6.07, 6.45) is 3.49. The van der Waals surface area contributed by atoms with Crippen LogP contribution in [0, 0.1) is 11.8 Å². The zero-order valence-corrected chi connectivity index (χ0v) is 12.4. The predicted octanol–water partition coefficient (Wildman–Crippen LogP) is 2.21. The maximum absolute atomic E-state index is 12.1. The van der Waals surface area contributed by atoms with Gasteiger partial charge in [-0.1, -0.05) is 31.2 Å². The summed E-state index contributed by atoms with van der Waals surface area (Å²) in [6, 6.07) is 9.04. The second kappa shape index (κ2) is 5.57. The molecule has 2 atom stereocenters. The quantitative estimate of drug-likeness (QED) is 0.911. The molecule has 1 amide bonds. The number of benzene rings is 1. The van der Waals surface area contributed by atoms with Crippen LogP contribution in [0.5, 0.6) is 0 Å². The van der Waals surface area contributed by atoms with E-state index in [1.165, 1.54) is 24.0 Å². The average molecular weight is 272 g/mol. The van der Waals surface area contributed by atoms with E-state index in [0.717, 1.165) is 19.5 Å². The third kappa shape index (κ3) is 2.88. The Kier molecular flexibility index (Phi) is 3.79. The van der Waals surface area contributed by atoms with Crippen LogP contribution in [0.15, 0.2) is 24.3 Å². The predicted molar refractivity (Wildman–Crippen MR) is 80.3 cm³/mol. The molecular weight excluding hydrogens is 248 g/mol. The lowest BCUT2D eigenvalue weighted by molar-refractivity contribution is -0.125. The molecule has 0 spiro atoms. The van der Waals surface area contributed by atoms with Crippen LogP contribution >= 0.6 is 0 Å². The Bertz CT molecular complexity index is 496. The first-order chi connectivity index (χ1) is 9.65. The highest BCUT2D eigenvalue weighted by Gasteiger charge is 2.33. The zero-order chi connectivity index (χ0) is 14.1. The first-order valence-corrected chi connectivity index (χ1v) is 7.70. The number of hydrogen-bond acceptors (Lipinski definition) is 2. The fraction of sp³-hybridized carbons (Fsp3) is 0.588. The van der Waals surface area contributed by atoms with Crippen molar-refractivity contribution >= 4 is 5.91 Å². The van der Waals surface area contributed by atoms with Gasteiger partial charge in [-0.25, -0.2) is 0 Å². The number of hydrogen-bond donors (Lipinski definition) is 1. The van der Waals surface area contributed by atoms with E-state index in [-0.39, 0.29) is 11.8 Å². The molecule has 1 fully saturated rings. The van der Waals surface area contributed by atoms with E-state index in [0.29, 0.717) is 12.0 Å². The van der Waals surface area contributed by atoms with Crippen molar-refractivity contribution in [2.75, 3.05) is 13.6 Å². The minimum Gasteiger partial charge on any atom is -0.354 e. The fourth-order valence-corrected chi connectivity index (χ4v) is 3.14. The Hall–Kier alpha value is -1.35. The van der Waals surface area contributed by atoms with Gasteiger partial charge in [-0.2, -0.15) is 0 Å². The highest BCUT2D eigenvalue weighted by atomic mass is 16.1. The van der Waals surface area contributed by atoms with Gasteiger partial charge in [0.25, 0.3) is 0 Å². The number of rotatable bonds is 4. The second-order valence-electron chi connectivity index (χ2n) is 6.41. The smallest absolute Gasteiger partial charge is 0.223 e. The standard InChI is InChI=1S/C17H24N2O/c1-12(13-7-8-13)17(20)18-10-16-9-14-5-3-4-6-15(14)11-19(16)2/h3-6,12-13,16H,7-11H2,1-2H3,(H,18,20)/t12?,16-/m0/s1. The lowest BCUT2D eigenvalue weighted by Gasteiger charge is -2.34. The van der Waals surface area contributed by atoms with Crippen LogP contribution in [0.1, 0.15) is 30.9 Å². The molecule has 1 aliphatic heterocycles. The van der Waals surface area contributed by atoms with Crippen molar-refractivity contribution in [2.45, 2.75) is 38.8 Å². The summed E-state index contributed by atoms with van der Waals surface area (Å²) in [4.78, 5) is 14.4. The first-order valence-electron chi connectivity index (χ1n) is 7.70. The topological polar surface area (TPSA) is 32.3 Å². The van der Waals surface area contributed by atoms with E-state index in [9.17, 15) is 4.79 Å². The van der Waals surface area contributed by atoms with E-state index in [1.54, 1.807) is 0 Å². The SMILES string of the molecule is CC(C(=O)NC[C@@H]1Cc2ccccc2CN1C)C1CC1. The lowest BCUT2D eigenvalue weighted by atomic mass is 9.94. The van der Waals surface area contributed by atoms with Crippen molar-refractivity contribution in [1.29, 1.82) is 0 Å². The summed E-state index contributed by atoms with van der Waals surface area (Å²) in [5.74, 6) is 1.07. The van der Waals surface area contributed by atoms with Gasteiger partial charge in [-0.15, -0.1) is 0 Å². The van der Waals surface area contributed by atoms with Gasteiger partial charge >= 0.3 is 0 Å². The number of carbonyl (C=O) groups is 1. The van der Waals surface area contributed by atoms with Gasteiger partial charge in [0.05, 0.1) is 0 Å². The van der Waals surface area contributed by atoms with Crippen molar-refractivity contribution in [3.8, 4) is 0 Å². The minimum atomic E-state index is 0.191. The lowest BCUT2D eigenvalue weighted by Crippen LogP contribution is -2.46. The number of amides is 1. The van der Waals surface area contributed by atoms with E-state index in [1.807, 2.05) is 0 Å². The fourth-order valence-electron chi connectivity index (χ4n) is 3.14. The van der Waals surface area contributed by atoms with Crippen LogP contribution < -0.4 is 5.32 Å². The average Bonchev–Trinajstić information content (AvgIpc) is 3.28. The van der Waals surface area contributed by atoms with Crippen LogP contribution in [0.3, 0.4) is 0 Å². The maximum Gasteiger partial charge on any atom is 0.223 e. The molecule has 20 heavy (non-hydrogen) atoms. The van der Waals surface area contributed by atoms with Gasteiger partial charge in [0.15, 0.2) is 0 Å². The molecule has 1 aliphatic carbocycles. The minimum absolute atomic E-state index is 0.191. The van der Waals surface area contributed by atoms with Crippen LogP contribution in [0.25, 0.3) is 0 Å². The molecule has 1 aromatic carbocycles. The largest absolute Gasteiger partial charge is 0.354 e. The van der Waals surface area contributed by atoms with Gasteiger partial charge in [-0.3, -0.25) is 9.69 Å². The Balaban J connectivity index is 1.57. The summed E-state index contributed by atoms with van der Waals surface area (Å²) >= 11 is 0. The molecule has 3 nitrogen and oxygen atoms in total. The molecule has 2 aliphatic rings. The monoisotopic (exact) mass is 272 g/mol. The summed E-state index contributed by atoms with van der Waals surface area (Å²) < 4.78 is 0. The number of likely N-dealkylation sites (N-methyl/N-ethyl adjacent to an activating group) is 1. The molecule has 1 aromatic rings. The molecule has 1 saturated carbocycles. The highest BCUT2D eigenvalue weighted by Crippen LogP contribution is 2.36. The molecule has 3 heteroatoms. The summed E-state index contributed by atoms with van der Waals surface area (Å²) in [6.45, 7) is 3.81. The normalized spacial score (nSPS) is 24.0. The van der Waals surface area contributed by atoms with E-state index in [2.05, 4.69) is 48.5 Å². The van der Waals surface area contributed by atoms with Crippen LogP contribution in [-0.4, -0.2) is 30.4 Å². The Morgan fingerprint density at radius 1 is 1.35 bits per heavy atom. The van der Waals surface area contributed by atoms with Crippen molar-refractivity contribution in [1.82, 2.24) is 10.2 Å². The molecule has 1 N–H and O–H groups in total. The third-order valence-corrected chi connectivity index (χ3v) is 4.87. The van der Waals surface area contributed by atoms with Crippen molar-refractivity contribution < 1.29 is 4.79 Å². The molecule has 0 aromatic heterocycles. The first kappa shape index (κ1) is 13.6. The molecule has 1 heterocycles.